The minimum absolute atomic E-state index is 0.0511. The Morgan fingerprint density at radius 2 is 2.22 bits per heavy atom. The molecule has 1 N–H and O–H groups in total. The number of ether oxygens (including phenoxy) is 1. The van der Waals surface area contributed by atoms with Crippen molar-refractivity contribution in [1.29, 1.82) is 0 Å². The molecular formula is C13H13ClFNO2. The maximum Gasteiger partial charge on any atom is 0.142 e. The van der Waals surface area contributed by atoms with Crippen LogP contribution in [0.2, 0.25) is 5.02 Å². The second-order valence-electron chi connectivity index (χ2n) is 3.76. The average Bonchev–Trinajstić information content (AvgIpc) is 2.79. The molecule has 0 saturated heterocycles. The molecule has 0 unspecified atom stereocenters. The third-order valence-corrected chi connectivity index (χ3v) is 2.75. The number of hydrogen-bond acceptors (Lipinski definition) is 3. The highest BCUT2D eigenvalue weighted by atomic mass is 35.5. The first-order valence-corrected chi connectivity index (χ1v) is 5.86. The maximum atomic E-state index is 13.0. The minimum Gasteiger partial charge on any atom is -0.489 e. The number of furan rings is 1. The Morgan fingerprint density at radius 1 is 1.39 bits per heavy atom. The molecule has 0 bridgehead atoms. The molecule has 0 amide bonds. The molecule has 2 rings (SSSR count). The molecule has 0 radical (unpaired) electrons. The SMILES string of the molecule is CNCc1occc1COc1ccc(F)c(Cl)c1. The van der Waals surface area contributed by atoms with Crippen LogP contribution in [-0.2, 0) is 13.2 Å². The van der Waals surface area contributed by atoms with Gasteiger partial charge >= 0.3 is 0 Å². The lowest BCUT2D eigenvalue weighted by Crippen LogP contribution is -2.07. The molecule has 0 aliphatic rings. The van der Waals surface area contributed by atoms with E-state index in [1.54, 1.807) is 12.3 Å². The van der Waals surface area contributed by atoms with Crippen molar-refractivity contribution >= 4 is 11.6 Å². The third-order valence-electron chi connectivity index (χ3n) is 2.46. The first kappa shape index (κ1) is 12.9. The first-order chi connectivity index (χ1) is 8.70. The van der Waals surface area contributed by atoms with Crippen LogP contribution in [-0.4, -0.2) is 7.05 Å². The van der Waals surface area contributed by atoms with E-state index >= 15 is 0 Å². The molecule has 3 nitrogen and oxygen atoms in total. The van der Waals surface area contributed by atoms with Gasteiger partial charge in [0.25, 0.3) is 0 Å². The molecule has 0 saturated carbocycles. The Labute approximate surface area is 110 Å². The molecule has 0 fully saturated rings. The Hall–Kier alpha value is -1.52. The van der Waals surface area contributed by atoms with Gasteiger partial charge in [-0.05, 0) is 25.2 Å². The van der Waals surface area contributed by atoms with Gasteiger partial charge in [0.15, 0.2) is 0 Å². The van der Waals surface area contributed by atoms with Gasteiger partial charge in [0, 0.05) is 11.6 Å². The van der Waals surface area contributed by atoms with Gasteiger partial charge in [0.2, 0.25) is 0 Å². The van der Waals surface area contributed by atoms with Crippen molar-refractivity contribution in [3.63, 3.8) is 0 Å². The van der Waals surface area contributed by atoms with E-state index in [-0.39, 0.29) is 5.02 Å². The molecule has 0 spiro atoms. The maximum absolute atomic E-state index is 13.0. The van der Waals surface area contributed by atoms with Crippen molar-refractivity contribution in [2.45, 2.75) is 13.2 Å². The molecule has 0 aliphatic carbocycles. The topological polar surface area (TPSA) is 34.4 Å². The summed E-state index contributed by atoms with van der Waals surface area (Å²) < 4.78 is 23.8. The summed E-state index contributed by atoms with van der Waals surface area (Å²) in [5, 5.41) is 3.06. The Bertz CT molecular complexity index is 527. The molecule has 0 aliphatic heterocycles. The highest BCUT2D eigenvalue weighted by Crippen LogP contribution is 2.22. The molecule has 1 aromatic carbocycles. The molecule has 1 heterocycles. The minimum atomic E-state index is -0.455. The Morgan fingerprint density at radius 3 is 2.94 bits per heavy atom. The Kier molecular flexibility index (Phi) is 4.23. The summed E-state index contributed by atoms with van der Waals surface area (Å²) in [7, 11) is 1.84. The van der Waals surface area contributed by atoms with Gasteiger partial charge in [0.05, 0.1) is 17.8 Å². The summed E-state index contributed by atoms with van der Waals surface area (Å²) in [4.78, 5) is 0. The van der Waals surface area contributed by atoms with Crippen LogP contribution in [0, 0.1) is 5.82 Å². The van der Waals surface area contributed by atoms with Gasteiger partial charge in [-0.15, -0.1) is 0 Å². The fraction of sp³-hybridized carbons (Fsp3) is 0.231. The quantitative estimate of drug-likeness (QED) is 0.904. The summed E-state index contributed by atoms with van der Waals surface area (Å²) >= 11 is 5.67. The van der Waals surface area contributed by atoms with Crippen LogP contribution in [0.3, 0.4) is 0 Å². The van der Waals surface area contributed by atoms with E-state index in [2.05, 4.69) is 5.32 Å². The van der Waals surface area contributed by atoms with Crippen molar-refractivity contribution in [3.8, 4) is 5.75 Å². The van der Waals surface area contributed by atoms with E-state index in [0.717, 1.165) is 11.3 Å². The normalized spacial score (nSPS) is 10.6. The molecule has 0 atom stereocenters. The number of hydrogen-bond donors (Lipinski definition) is 1. The number of halogens is 2. The number of benzene rings is 1. The van der Waals surface area contributed by atoms with Crippen LogP contribution in [0.5, 0.6) is 5.75 Å². The van der Waals surface area contributed by atoms with Gasteiger partial charge < -0.3 is 14.5 Å². The summed E-state index contributed by atoms with van der Waals surface area (Å²) in [5.41, 5.74) is 0.949. The van der Waals surface area contributed by atoms with Crippen molar-refractivity contribution in [1.82, 2.24) is 5.32 Å². The van der Waals surface area contributed by atoms with Crippen molar-refractivity contribution < 1.29 is 13.5 Å². The van der Waals surface area contributed by atoms with E-state index in [1.807, 2.05) is 13.1 Å². The van der Waals surface area contributed by atoms with Crippen LogP contribution in [0.4, 0.5) is 4.39 Å². The Balaban J connectivity index is 2.02. The summed E-state index contributed by atoms with van der Waals surface area (Å²) in [6, 6.07) is 6.12. The predicted molar refractivity (Wildman–Crippen MR) is 67.2 cm³/mol. The summed E-state index contributed by atoms with van der Waals surface area (Å²) in [5.74, 6) is 0.895. The number of nitrogens with one attached hydrogen (secondary N) is 1. The van der Waals surface area contributed by atoms with Crippen LogP contribution < -0.4 is 10.1 Å². The fourth-order valence-electron chi connectivity index (χ4n) is 1.54. The van der Waals surface area contributed by atoms with Crippen LogP contribution >= 0.6 is 11.6 Å². The summed E-state index contributed by atoms with van der Waals surface area (Å²) in [6.07, 6.45) is 1.61. The van der Waals surface area contributed by atoms with E-state index in [1.165, 1.54) is 12.1 Å². The molecule has 2 aromatic rings. The van der Waals surface area contributed by atoms with Gasteiger partial charge in [-0.25, -0.2) is 4.39 Å². The van der Waals surface area contributed by atoms with Gasteiger partial charge in [-0.2, -0.15) is 0 Å². The van der Waals surface area contributed by atoms with E-state index < -0.39 is 5.82 Å². The molecule has 18 heavy (non-hydrogen) atoms. The zero-order valence-corrected chi connectivity index (χ0v) is 10.6. The second-order valence-corrected chi connectivity index (χ2v) is 4.17. The van der Waals surface area contributed by atoms with Crippen LogP contribution in [0.15, 0.2) is 34.9 Å². The number of rotatable bonds is 5. The van der Waals surface area contributed by atoms with E-state index in [4.69, 9.17) is 20.8 Å². The smallest absolute Gasteiger partial charge is 0.142 e. The van der Waals surface area contributed by atoms with Gasteiger partial charge in [0.1, 0.15) is 23.9 Å². The zero-order valence-electron chi connectivity index (χ0n) is 9.87. The largest absolute Gasteiger partial charge is 0.489 e. The lowest BCUT2D eigenvalue weighted by Gasteiger charge is -2.07. The highest BCUT2D eigenvalue weighted by molar-refractivity contribution is 6.30. The van der Waals surface area contributed by atoms with E-state index in [9.17, 15) is 4.39 Å². The second kappa shape index (κ2) is 5.89. The third kappa shape index (κ3) is 3.03. The molecule has 1 aromatic heterocycles. The monoisotopic (exact) mass is 269 g/mol. The summed E-state index contributed by atoms with van der Waals surface area (Å²) in [6.45, 7) is 0.991. The molecule has 5 heteroatoms. The van der Waals surface area contributed by atoms with Gasteiger partial charge in [-0.3, -0.25) is 0 Å². The van der Waals surface area contributed by atoms with Gasteiger partial charge in [-0.1, -0.05) is 11.6 Å². The van der Waals surface area contributed by atoms with Crippen LogP contribution in [0.25, 0.3) is 0 Å². The first-order valence-electron chi connectivity index (χ1n) is 5.48. The lowest BCUT2D eigenvalue weighted by atomic mass is 10.2. The zero-order chi connectivity index (χ0) is 13.0. The molecule has 96 valence electrons. The van der Waals surface area contributed by atoms with Crippen molar-refractivity contribution in [2.24, 2.45) is 0 Å². The predicted octanol–water partition coefficient (Wildman–Crippen LogP) is 3.37. The molecular weight excluding hydrogens is 257 g/mol. The highest BCUT2D eigenvalue weighted by Gasteiger charge is 2.07. The van der Waals surface area contributed by atoms with Crippen molar-refractivity contribution in [3.05, 3.63) is 52.7 Å². The average molecular weight is 270 g/mol. The van der Waals surface area contributed by atoms with Crippen molar-refractivity contribution in [2.75, 3.05) is 7.05 Å². The fourth-order valence-corrected chi connectivity index (χ4v) is 1.71. The van der Waals surface area contributed by atoms with E-state index in [0.29, 0.717) is 18.9 Å². The van der Waals surface area contributed by atoms with Crippen LogP contribution in [0.1, 0.15) is 11.3 Å². The standard InChI is InChI=1S/C13H13ClFNO2/c1-16-7-13-9(4-5-17-13)8-18-10-2-3-12(15)11(14)6-10/h2-6,16H,7-8H2,1H3. The lowest BCUT2D eigenvalue weighted by molar-refractivity contribution is 0.301.